The van der Waals surface area contributed by atoms with Crippen LogP contribution in [-0.2, 0) is 9.63 Å². The van der Waals surface area contributed by atoms with E-state index in [1.54, 1.807) is 36.4 Å². The molecule has 0 amide bonds. The van der Waals surface area contributed by atoms with Gasteiger partial charge in [0.05, 0.1) is 33.1 Å². The van der Waals surface area contributed by atoms with Gasteiger partial charge in [0.2, 0.25) is 0 Å². The highest BCUT2D eigenvalue weighted by Crippen LogP contribution is 2.33. The summed E-state index contributed by atoms with van der Waals surface area (Å²) in [5.74, 6) is -0.578. The first kappa shape index (κ1) is 20.8. The lowest BCUT2D eigenvalue weighted by atomic mass is 10.0. The summed E-state index contributed by atoms with van der Waals surface area (Å²) in [5, 5.41) is 14.4. The number of nitro groups is 1. The van der Waals surface area contributed by atoms with Crippen LogP contribution in [0.1, 0.15) is 18.0 Å². The normalized spacial score (nSPS) is 19.7. The molecule has 0 spiro atoms. The van der Waals surface area contributed by atoms with Gasteiger partial charge in [0, 0.05) is 23.6 Å². The topological polar surface area (TPSA) is 109 Å². The molecule has 1 unspecified atom stereocenters. The number of benzene rings is 3. The second-order valence-electron chi connectivity index (χ2n) is 7.39. The Morgan fingerprint density at radius 2 is 1.73 bits per heavy atom. The number of fused-ring (bicyclic) bond motifs is 1. The quantitative estimate of drug-likeness (QED) is 0.364. The number of para-hydroxylation sites is 2. The predicted molar refractivity (Wildman–Crippen MR) is 119 cm³/mol. The molecular weight excluding hydrogens is 446 g/mol. The zero-order valence-electron chi connectivity index (χ0n) is 17.0. The molecule has 9 nitrogen and oxygen atoms in total. The Morgan fingerprint density at radius 3 is 2.42 bits per heavy atom. The number of hydrazine groups is 1. The maximum absolute atomic E-state index is 12.7. The van der Waals surface area contributed by atoms with Gasteiger partial charge >= 0.3 is 5.97 Å². The third kappa shape index (κ3) is 4.07. The third-order valence-electron chi connectivity index (χ3n) is 5.31. The number of rotatable bonds is 3. The van der Waals surface area contributed by atoms with Gasteiger partial charge in [0.1, 0.15) is 0 Å². The lowest BCUT2D eigenvalue weighted by Gasteiger charge is -2.18. The van der Waals surface area contributed by atoms with Gasteiger partial charge in [-0.05, 0) is 42.0 Å². The average Bonchev–Trinajstić information content (AvgIpc) is 3.09. The number of halogens is 1. The van der Waals surface area contributed by atoms with Crippen molar-refractivity contribution in [3.05, 3.63) is 116 Å². The lowest BCUT2D eigenvalue weighted by molar-refractivity contribution is -0.384. The summed E-state index contributed by atoms with van der Waals surface area (Å²) in [4.78, 5) is 38.0. The molecule has 0 bridgehead atoms. The van der Waals surface area contributed by atoms with Gasteiger partial charge in [-0.25, -0.2) is 14.8 Å². The van der Waals surface area contributed by atoms with Crippen molar-refractivity contribution in [2.45, 2.75) is 12.5 Å². The van der Waals surface area contributed by atoms with Gasteiger partial charge in [-0.1, -0.05) is 41.5 Å². The van der Waals surface area contributed by atoms with E-state index in [1.807, 2.05) is 24.3 Å². The molecule has 5 rings (SSSR count). The Balaban J connectivity index is 1.66. The van der Waals surface area contributed by atoms with Crippen molar-refractivity contribution in [1.82, 2.24) is 5.59 Å². The van der Waals surface area contributed by atoms with Crippen LogP contribution >= 0.6 is 11.6 Å². The first-order valence-corrected chi connectivity index (χ1v) is 10.4. The summed E-state index contributed by atoms with van der Waals surface area (Å²) >= 11 is 6.01. The summed E-state index contributed by atoms with van der Waals surface area (Å²) < 4.78 is 0. The van der Waals surface area contributed by atoms with Crippen LogP contribution in [0.5, 0.6) is 0 Å². The van der Waals surface area contributed by atoms with E-state index in [1.165, 1.54) is 17.1 Å². The van der Waals surface area contributed by atoms with Crippen LogP contribution < -0.4 is 21.3 Å². The van der Waals surface area contributed by atoms with Crippen LogP contribution in [0.15, 0.2) is 94.2 Å². The van der Waals surface area contributed by atoms with Crippen molar-refractivity contribution in [2.75, 3.05) is 5.01 Å². The van der Waals surface area contributed by atoms with Crippen LogP contribution in [0.3, 0.4) is 0 Å². The summed E-state index contributed by atoms with van der Waals surface area (Å²) in [5.41, 5.74) is 4.73. The molecule has 10 heteroatoms. The molecule has 0 radical (unpaired) electrons. The first-order valence-electron chi connectivity index (χ1n) is 10.0. The fourth-order valence-electron chi connectivity index (χ4n) is 3.71. The molecule has 1 N–H and O–H groups in total. The summed E-state index contributed by atoms with van der Waals surface area (Å²) in [6.45, 7) is 0. The largest absolute Gasteiger partial charge is 0.378 e. The number of nitrogens with one attached hydrogen (secondary N) is 1. The molecule has 2 aliphatic heterocycles. The molecule has 164 valence electrons. The second kappa shape index (κ2) is 8.45. The van der Waals surface area contributed by atoms with Crippen molar-refractivity contribution in [3.63, 3.8) is 0 Å². The molecule has 3 aromatic carbocycles. The van der Waals surface area contributed by atoms with Crippen molar-refractivity contribution in [2.24, 2.45) is 9.98 Å². The lowest BCUT2D eigenvalue weighted by Crippen LogP contribution is -2.29. The number of carbonyl (C=O) groups is 1. The molecule has 2 heterocycles. The molecule has 0 aromatic heterocycles. The Morgan fingerprint density at radius 1 is 1.03 bits per heavy atom. The number of hydrogen-bond acceptors (Lipinski definition) is 8. The Bertz CT molecular complexity index is 1400. The van der Waals surface area contributed by atoms with Crippen molar-refractivity contribution in [1.29, 1.82) is 0 Å². The number of non-ortho nitro benzene ring substituents is 1. The minimum Gasteiger partial charge on any atom is -0.345 e. The van der Waals surface area contributed by atoms with E-state index < -0.39 is 16.9 Å². The van der Waals surface area contributed by atoms with Gasteiger partial charge in [-0.3, -0.25) is 15.1 Å². The standard InChI is InChI=1S/C23H16ClN5O4/c24-15-7-11-16(12-8-15)28-22(23(30)33-27-28)21-13-20(14-5-9-17(10-6-14)29(31)32)25-18-3-1-2-4-19(18)26-21/h1-12,20,27H,13H2. The second-order valence-corrected chi connectivity index (χ2v) is 7.82. The molecule has 0 saturated carbocycles. The third-order valence-corrected chi connectivity index (χ3v) is 5.56. The Labute approximate surface area is 192 Å². The molecular formula is C23H16ClN5O4. The summed E-state index contributed by atoms with van der Waals surface area (Å²) in [6.07, 6.45) is 0.280. The first-order chi connectivity index (χ1) is 16.0. The van der Waals surface area contributed by atoms with Gasteiger partial charge in [-0.15, -0.1) is 0 Å². The monoisotopic (exact) mass is 461 g/mol. The smallest absolute Gasteiger partial charge is 0.345 e. The van der Waals surface area contributed by atoms with E-state index in [-0.39, 0.29) is 17.8 Å². The zero-order chi connectivity index (χ0) is 22.9. The minimum atomic E-state index is -0.578. The van der Waals surface area contributed by atoms with Gasteiger partial charge in [0.15, 0.2) is 5.70 Å². The van der Waals surface area contributed by atoms with Crippen LogP contribution in [0.25, 0.3) is 0 Å². The van der Waals surface area contributed by atoms with E-state index in [0.717, 1.165) is 5.56 Å². The van der Waals surface area contributed by atoms with Gasteiger partial charge < -0.3 is 4.84 Å². The highest BCUT2D eigenvalue weighted by molar-refractivity contribution is 6.30. The number of anilines is 1. The van der Waals surface area contributed by atoms with Crippen molar-refractivity contribution >= 4 is 28.9 Å². The number of nitro benzene ring substituents is 1. The Hall–Kier alpha value is -4.08. The zero-order valence-corrected chi connectivity index (χ0v) is 17.8. The van der Waals surface area contributed by atoms with E-state index in [0.29, 0.717) is 27.1 Å². The molecule has 2 aliphatic rings. The SMILES string of the molecule is O=C1ONN(c2ccc(Cl)cc2)C1=C1CC(c2ccc([N+](=O)[O-])cc2)N=c2ccccc2=N1. The Kier molecular flexibility index (Phi) is 5.33. The summed E-state index contributed by atoms with van der Waals surface area (Å²) in [7, 11) is 0. The highest BCUT2D eigenvalue weighted by Gasteiger charge is 2.34. The molecule has 1 atom stereocenters. The molecule has 1 saturated heterocycles. The predicted octanol–water partition coefficient (Wildman–Crippen LogP) is 3.33. The molecule has 0 aliphatic carbocycles. The molecule has 3 aromatic rings. The van der Waals surface area contributed by atoms with Crippen molar-refractivity contribution < 1.29 is 14.6 Å². The van der Waals surface area contributed by atoms with Crippen LogP contribution in [-0.4, -0.2) is 10.9 Å². The number of nitrogens with zero attached hydrogens (tertiary/aromatic N) is 4. The van der Waals surface area contributed by atoms with E-state index in [9.17, 15) is 14.9 Å². The summed E-state index contributed by atoms with van der Waals surface area (Å²) in [6, 6.07) is 20.1. The van der Waals surface area contributed by atoms with Crippen LogP contribution in [0, 0.1) is 10.1 Å². The fraction of sp³-hybridized carbons (Fsp3) is 0.0870. The van der Waals surface area contributed by atoms with Crippen LogP contribution in [0.2, 0.25) is 5.02 Å². The fourth-order valence-corrected chi connectivity index (χ4v) is 3.83. The number of carbonyl (C=O) groups excluding carboxylic acids is 1. The maximum atomic E-state index is 12.7. The van der Waals surface area contributed by atoms with Crippen LogP contribution in [0.4, 0.5) is 11.4 Å². The average molecular weight is 462 g/mol. The molecule has 33 heavy (non-hydrogen) atoms. The van der Waals surface area contributed by atoms with Gasteiger partial charge in [0.25, 0.3) is 5.69 Å². The molecule has 1 fully saturated rings. The minimum absolute atomic E-state index is 0.00600. The van der Waals surface area contributed by atoms with E-state index in [4.69, 9.17) is 26.4 Å². The maximum Gasteiger partial charge on any atom is 0.378 e. The van der Waals surface area contributed by atoms with Crippen molar-refractivity contribution in [3.8, 4) is 0 Å². The highest BCUT2D eigenvalue weighted by atomic mass is 35.5. The van der Waals surface area contributed by atoms with Gasteiger partial charge in [-0.2, -0.15) is 0 Å². The number of hydrogen-bond donors (Lipinski definition) is 1. The van der Waals surface area contributed by atoms with E-state index >= 15 is 0 Å². The van der Waals surface area contributed by atoms with E-state index in [2.05, 4.69) is 5.59 Å².